The summed E-state index contributed by atoms with van der Waals surface area (Å²) in [6.07, 6.45) is 2.95. The van der Waals surface area contributed by atoms with Gasteiger partial charge >= 0.3 is 5.97 Å². The zero-order valence-corrected chi connectivity index (χ0v) is 18.8. The molecule has 1 saturated heterocycles. The van der Waals surface area contributed by atoms with Crippen LogP contribution in [0.1, 0.15) is 33.0 Å². The van der Waals surface area contributed by atoms with Gasteiger partial charge in [0, 0.05) is 32.3 Å². The molecular formula is C22H23N3O6S. The second-order valence-electron chi connectivity index (χ2n) is 7.17. The van der Waals surface area contributed by atoms with Crippen LogP contribution in [0.4, 0.5) is 0 Å². The summed E-state index contributed by atoms with van der Waals surface area (Å²) in [5.41, 5.74) is 0.980. The smallest absolute Gasteiger partial charge is 0.342 e. The minimum absolute atomic E-state index is 0.0704. The minimum atomic E-state index is -4.02. The number of aryl methyl sites for hydroxylation is 2. The SMILES string of the molecule is COC(=O)c1c(C)oc(C)c1S(=O)(=O)N1CCN(C(=O)/C=C\c2ccccc2C#N)CC1. The third-order valence-corrected chi connectivity index (χ3v) is 7.28. The molecule has 1 aromatic carbocycles. The van der Waals surface area contributed by atoms with E-state index in [0.717, 1.165) is 0 Å². The molecule has 3 rings (SSSR count). The van der Waals surface area contributed by atoms with E-state index in [4.69, 9.17) is 14.4 Å². The van der Waals surface area contributed by atoms with E-state index in [0.29, 0.717) is 11.1 Å². The van der Waals surface area contributed by atoms with Gasteiger partial charge in [-0.25, -0.2) is 13.2 Å². The van der Waals surface area contributed by atoms with Crippen LogP contribution in [0.2, 0.25) is 0 Å². The van der Waals surface area contributed by atoms with Crippen LogP contribution in [0, 0.1) is 25.2 Å². The summed E-state index contributed by atoms with van der Waals surface area (Å²) in [6.45, 7) is 3.50. The van der Waals surface area contributed by atoms with E-state index in [-0.39, 0.29) is 54.1 Å². The van der Waals surface area contributed by atoms with Crippen molar-refractivity contribution >= 4 is 28.0 Å². The first-order valence-corrected chi connectivity index (χ1v) is 11.3. The first kappa shape index (κ1) is 23.2. The van der Waals surface area contributed by atoms with Crippen molar-refractivity contribution in [3.05, 3.63) is 58.6 Å². The second-order valence-corrected chi connectivity index (χ2v) is 9.05. The maximum atomic E-state index is 13.2. The van der Waals surface area contributed by atoms with E-state index in [1.807, 2.05) is 0 Å². The van der Waals surface area contributed by atoms with Crippen LogP contribution in [-0.2, 0) is 19.6 Å². The third kappa shape index (κ3) is 4.44. The number of hydrogen-bond donors (Lipinski definition) is 0. The molecule has 0 radical (unpaired) electrons. The Bertz CT molecular complexity index is 1210. The van der Waals surface area contributed by atoms with Gasteiger partial charge in [0.2, 0.25) is 15.9 Å². The predicted molar refractivity (Wildman–Crippen MR) is 115 cm³/mol. The van der Waals surface area contributed by atoms with Crippen molar-refractivity contribution in [1.82, 2.24) is 9.21 Å². The molecule has 9 nitrogen and oxygen atoms in total. The van der Waals surface area contributed by atoms with Gasteiger partial charge < -0.3 is 14.1 Å². The van der Waals surface area contributed by atoms with Crippen LogP contribution in [0.15, 0.2) is 39.7 Å². The van der Waals surface area contributed by atoms with Crippen molar-refractivity contribution in [3.63, 3.8) is 0 Å². The number of methoxy groups -OCH3 is 1. The van der Waals surface area contributed by atoms with E-state index in [1.165, 1.54) is 36.2 Å². The number of rotatable bonds is 5. The van der Waals surface area contributed by atoms with Gasteiger partial charge in [0.15, 0.2) is 0 Å². The number of esters is 1. The van der Waals surface area contributed by atoms with Gasteiger partial charge in [-0.3, -0.25) is 4.79 Å². The highest BCUT2D eigenvalue weighted by Gasteiger charge is 2.37. The van der Waals surface area contributed by atoms with Crippen LogP contribution >= 0.6 is 0 Å². The van der Waals surface area contributed by atoms with Gasteiger partial charge in [-0.1, -0.05) is 18.2 Å². The minimum Gasteiger partial charge on any atom is -0.465 e. The fraction of sp³-hybridized carbons (Fsp3) is 0.318. The lowest BCUT2D eigenvalue weighted by atomic mass is 10.1. The Balaban J connectivity index is 1.73. The Morgan fingerprint density at radius 1 is 1.12 bits per heavy atom. The molecule has 1 aliphatic heterocycles. The summed E-state index contributed by atoms with van der Waals surface area (Å²) < 4.78 is 37.8. The van der Waals surface area contributed by atoms with Gasteiger partial charge in [-0.05, 0) is 31.6 Å². The number of amides is 1. The standard InChI is InChI=1S/C22H23N3O6S/c1-15-20(22(27)30-3)21(16(2)31-15)32(28,29)25-12-10-24(11-13-25)19(26)9-8-17-6-4-5-7-18(17)14-23/h4-9H,10-13H2,1-3H3/b9-8-. The molecule has 168 valence electrons. The molecule has 0 spiro atoms. The molecule has 0 aliphatic carbocycles. The number of nitrogens with zero attached hydrogens (tertiary/aromatic N) is 3. The lowest BCUT2D eigenvalue weighted by molar-refractivity contribution is -0.127. The molecular weight excluding hydrogens is 434 g/mol. The van der Waals surface area contributed by atoms with Crippen molar-refractivity contribution in [2.45, 2.75) is 18.7 Å². The molecule has 1 fully saturated rings. The number of furan rings is 1. The zero-order valence-electron chi connectivity index (χ0n) is 18.0. The van der Waals surface area contributed by atoms with Gasteiger partial charge in [-0.15, -0.1) is 0 Å². The van der Waals surface area contributed by atoms with Crippen molar-refractivity contribution in [2.75, 3.05) is 33.3 Å². The van der Waals surface area contributed by atoms with Crippen LogP contribution in [-0.4, -0.2) is 62.8 Å². The van der Waals surface area contributed by atoms with Crippen LogP contribution in [0.3, 0.4) is 0 Å². The molecule has 0 unspecified atom stereocenters. The van der Waals surface area contributed by atoms with Crippen molar-refractivity contribution in [3.8, 4) is 6.07 Å². The number of nitriles is 1. The molecule has 32 heavy (non-hydrogen) atoms. The average molecular weight is 458 g/mol. The fourth-order valence-electron chi connectivity index (χ4n) is 3.60. The van der Waals surface area contributed by atoms with E-state index in [1.54, 1.807) is 30.3 Å². The number of sulfonamides is 1. The summed E-state index contributed by atoms with van der Waals surface area (Å²) in [4.78, 5) is 26.0. The zero-order chi connectivity index (χ0) is 23.5. The highest BCUT2D eigenvalue weighted by atomic mass is 32.2. The molecule has 1 aliphatic rings. The quantitative estimate of drug-likeness (QED) is 0.498. The number of ether oxygens (including phenoxy) is 1. The molecule has 10 heteroatoms. The number of carbonyl (C=O) groups is 2. The number of carbonyl (C=O) groups excluding carboxylic acids is 2. The monoisotopic (exact) mass is 457 g/mol. The van der Waals surface area contributed by atoms with E-state index in [9.17, 15) is 18.0 Å². The summed E-state index contributed by atoms with van der Waals surface area (Å²) in [7, 11) is -2.85. The second kappa shape index (κ2) is 9.38. The predicted octanol–water partition coefficient (Wildman–Crippen LogP) is 2.10. The summed E-state index contributed by atoms with van der Waals surface area (Å²) in [5, 5.41) is 9.15. The van der Waals surface area contributed by atoms with Crippen LogP contribution < -0.4 is 0 Å². The number of hydrogen-bond acceptors (Lipinski definition) is 7. The van der Waals surface area contributed by atoms with E-state index < -0.39 is 16.0 Å². The summed E-state index contributed by atoms with van der Waals surface area (Å²) in [6, 6.07) is 8.99. The summed E-state index contributed by atoms with van der Waals surface area (Å²) in [5.74, 6) is -0.778. The molecule has 2 heterocycles. The Morgan fingerprint density at radius 2 is 1.78 bits per heavy atom. The Hall–Kier alpha value is -3.42. The topological polar surface area (TPSA) is 121 Å². The maximum absolute atomic E-state index is 13.2. The van der Waals surface area contributed by atoms with E-state index in [2.05, 4.69) is 6.07 Å². The molecule has 0 saturated carbocycles. The van der Waals surface area contributed by atoms with Gasteiger partial charge in [-0.2, -0.15) is 9.57 Å². The number of piperazine rings is 1. The lowest BCUT2D eigenvalue weighted by Gasteiger charge is -2.33. The molecule has 0 N–H and O–H groups in total. The maximum Gasteiger partial charge on any atom is 0.342 e. The molecule has 0 atom stereocenters. The van der Waals surface area contributed by atoms with Gasteiger partial charge in [0.1, 0.15) is 22.0 Å². The Kier molecular flexibility index (Phi) is 6.81. The van der Waals surface area contributed by atoms with Crippen LogP contribution in [0.25, 0.3) is 6.08 Å². The van der Waals surface area contributed by atoms with Gasteiger partial charge in [0.25, 0.3) is 0 Å². The Morgan fingerprint density at radius 3 is 2.41 bits per heavy atom. The Labute approximate surface area is 186 Å². The first-order valence-electron chi connectivity index (χ1n) is 9.85. The largest absolute Gasteiger partial charge is 0.465 e. The average Bonchev–Trinajstić information content (AvgIpc) is 3.11. The fourth-order valence-corrected chi connectivity index (χ4v) is 5.39. The van der Waals surface area contributed by atoms with Crippen molar-refractivity contribution < 1.29 is 27.2 Å². The van der Waals surface area contributed by atoms with Gasteiger partial charge in [0.05, 0.1) is 18.7 Å². The highest BCUT2D eigenvalue weighted by molar-refractivity contribution is 7.89. The van der Waals surface area contributed by atoms with Crippen LogP contribution in [0.5, 0.6) is 0 Å². The highest BCUT2D eigenvalue weighted by Crippen LogP contribution is 2.30. The molecule has 0 bridgehead atoms. The van der Waals surface area contributed by atoms with E-state index >= 15 is 0 Å². The number of benzene rings is 1. The first-order chi connectivity index (χ1) is 15.2. The van der Waals surface area contributed by atoms with Crippen molar-refractivity contribution in [1.29, 1.82) is 5.26 Å². The molecule has 2 aromatic rings. The lowest BCUT2D eigenvalue weighted by Crippen LogP contribution is -2.50. The normalized spacial score (nSPS) is 15.0. The molecule has 1 amide bonds. The third-order valence-electron chi connectivity index (χ3n) is 5.23. The van der Waals surface area contributed by atoms with Crippen molar-refractivity contribution in [2.24, 2.45) is 0 Å². The molecule has 1 aromatic heterocycles. The summed E-state index contributed by atoms with van der Waals surface area (Å²) >= 11 is 0.